The zero-order valence-electron chi connectivity index (χ0n) is 8.49. The maximum absolute atomic E-state index is 8.96. The number of hydrogen-bond donors (Lipinski definition) is 3. The predicted molar refractivity (Wildman–Crippen MR) is 51.7 cm³/mol. The van der Waals surface area contributed by atoms with E-state index in [9.17, 15) is 0 Å². The van der Waals surface area contributed by atoms with Crippen LogP contribution in [0, 0.1) is 0 Å². The summed E-state index contributed by atoms with van der Waals surface area (Å²) in [6, 6.07) is 0. The molecule has 0 saturated carbocycles. The Bertz CT molecular complexity index is 109. The maximum Gasteiger partial charge on any atom is 0.0894 e. The van der Waals surface area contributed by atoms with Gasteiger partial charge < -0.3 is 20.3 Å². The van der Waals surface area contributed by atoms with Crippen molar-refractivity contribution >= 4 is 0 Å². The number of hydrogen-bond acceptors (Lipinski definition) is 4. The largest absolute Gasteiger partial charge is 0.394 e. The summed E-state index contributed by atoms with van der Waals surface area (Å²) in [6.45, 7) is 5.81. The van der Waals surface area contributed by atoms with Crippen LogP contribution >= 0.6 is 0 Å². The molecule has 0 aromatic carbocycles. The zero-order chi connectivity index (χ0) is 10.1. The molecule has 4 nitrogen and oxygen atoms in total. The molecule has 0 fully saturated rings. The Morgan fingerprint density at radius 2 is 2.08 bits per heavy atom. The Morgan fingerprint density at radius 1 is 1.38 bits per heavy atom. The maximum atomic E-state index is 8.96. The highest BCUT2D eigenvalue weighted by Gasteiger charge is 1.99. The molecule has 80 valence electrons. The minimum Gasteiger partial charge on any atom is -0.394 e. The highest BCUT2D eigenvalue weighted by molar-refractivity contribution is 4.56. The summed E-state index contributed by atoms with van der Waals surface area (Å²) >= 11 is 0. The number of aliphatic hydroxyl groups excluding tert-OH is 2. The molecular weight excluding hydrogens is 170 g/mol. The van der Waals surface area contributed by atoms with Gasteiger partial charge in [0.05, 0.1) is 18.8 Å². The second-order valence-electron chi connectivity index (χ2n) is 3.31. The number of aliphatic hydroxyl groups is 2. The first-order valence-electron chi connectivity index (χ1n) is 4.78. The normalized spacial score (nSPS) is 13.6. The lowest BCUT2D eigenvalue weighted by Crippen LogP contribution is -2.30. The summed E-state index contributed by atoms with van der Waals surface area (Å²) in [7, 11) is 0. The molecule has 0 aromatic heterocycles. The minimum absolute atomic E-state index is 0.185. The fraction of sp³-hybridized carbons (Fsp3) is 1.00. The number of ether oxygens (including phenoxy) is 1. The number of nitrogens with one attached hydrogen (secondary N) is 1. The van der Waals surface area contributed by atoms with Crippen molar-refractivity contribution in [3.8, 4) is 0 Å². The zero-order valence-corrected chi connectivity index (χ0v) is 8.49. The van der Waals surface area contributed by atoms with Gasteiger partial charge in [0.25, 0.3) is 0 Å². The average Bonchev–Trinajstić information content (AvgIpc) is 2.10. The van der Waals surface area contributed by atoms with Gasteiger partial charge in [0.2, 0.25) is 0 Å². The van der Waals surface area contributed by atoms with Gasteiger partial charge in [0.15, 0.2) is 0 Å². The van der Waals surface area contributed by atoms with E-state index in [-0.39, 0.29) is 12.7 Å². The van der Waals surface area contributed by atoms with Crippen molar-refractivity contribution in [3.05, 3.63) is 0 Å². The van der Waals surface area contributed by atoms with Crippen LogP contribution in [0.4, 0.5) is 0 Å². The molecule has 0 aromatic rings. The lowest BCUT2D eigenvalue weighted by atomic mass is 10.3. The molecule has 0 radical (unpaired) electrons. The Labute approximate surface area is 79.9 Å². The summed E-state index contributed by atoms with van der Waals surface area (Å²) in [4.78, 5) is 0. The second-order valence-corrected chi connectivity index (χ2v) is 3.31. The van der Waals surface area contributed by atoms with E-state index in [2.05, 4.69) is 5.32 Å². The highest BCUT2D eigenvalue weighted by atomic mass is 16.5. The first-order chi connectivity index (χ1) is 6.16. The van der Waals surface area contributed by atoms with Crippen LogP contribution in [0.15, 0.2) is 0 Å². The lowest BCUT2D eigenvalue weighted by Gasteiger charge is -2.10. The van der Waals surface area contributed by atoms with E-state index in [1.807, 2.05) is 13.8 Å². The third-order valence-corrected chi connectivity index (χ3v) is 1.54. The van der Waals surface area contributed by atoms with Gasteiger partial charge in [0.1, 0.15) is 0 Å². The van der Waals surface area contributed by atoms with E-state index in [4.69, 9.17) is 14.9 Å². The van der Waals surface area contributed by atoms with Crippen LogP contribution in [0.1, 0.15) is 20.3 Å². The van der Waals surface area contributed by atoms with E-state index >= 15 is 0 Å². The quantitative estimate of drug-likeness (QED) is 0.463. The van der Waals surface area contributed by atoms with Crippen LogP contribution in [-0.2, 0) is 4.74 Å². The molecule has 1 atom stereocenters. The molecule has 0 aliphatic rings. The van der Waals surface area contributed by atoms with Gasteiger partial charge >= 0.3 is 0 Å². The van der Waals surface area contributed by atoms with Crippen LogP contribution in [0.3, 0.4) is 0 Å². The average molecular weight is 191 g/mol. The molecule has 13 heavy (non-hydrogen) atoms. The Balaban J connectivity index is 2.99. The van der Waals surface area contributed by atoms with Crippen LogP contribution in [0.25, 0.3) is 0 Å². The molecule has 0 bridgehead atoms. The van der Waals surface area contributed by atoms with E-state index in [0.717, 1.165) is 19.6 Å². The molecule has 0 aliphatic carbocycles. The van der Waals surface area contributed by atoms with Crippen molar-refractivity contribution in [2.75, 3.05) is 26.3 Å². The Hall–Kier alpha value is -0.160. The van der Waals surface area contributed by atoms with Gasteiger partial charge in [0, 0.05) is 13.2 Å². The summed E-state index contributed by atoms with van der Waals surface area (Å²) in [5.41, 5.74) is 0. The summed E-state index contributed by atoms with van der Waals surface area (Å²) in [5.74, 6) is 0. The SMILES string of the molecule is CC(C)OCCCNC[C@H](O)CO. The second kappa shape index (κ2) is 8.44. The molecule has 0 spiro atoms. The molecule has 0 unspecified atom stereocenters. The minimum atomic E-state index is -0.647. The van der Waals surface area contributed by atoms with Crippen LogP contribution in [0.2, 0.25) is 0 Å². The van der Waals surface area contributed by atoms with Gasteiger partial charge in [-0.25, -0.2) is 0 Å². The van der Waals surface area contributed by atoms with Crippen molar-refractivity contribution in [1.29, 1.82) is 0 Å². The molecular formula is C9H21NO3. The summed E-state index contributed by atoms with van der Waals surface area (Å²) in [6.07, 6.45) is 0.560. The van der Waals surface area contributed by atoms with Gasteiger partial charge in [-0.1, -0.05) is 0 Å². The number of rotatable bonds is 8. The van der Waals surface area contributed by atoms with Crippen LogP contribution < -0.4 is 5.32 Å². The predicted octanol–water partition coefficient (Wildman–Crippen LogP) is -0.256. The van der Waals surface area contributed by atoms with Gasteiger partial charge in [-0.15, -0.1) is 0 Å². The smallest absolute Gasteiger partial charge is 0.0894 e. The van der Waals surface area contributed by atoms with E-state index in [0.29, 0.717) is 6.54 Å². The van der Waals surface area contributed by atoms with Crippen LogP contribution in [-0.4, -0.2) is 48.7 Å². The molecule has 0 saturated heterocycles. The van der Waals surface area contributed by atoms with Crippen molar-refractivity contribution < 1.29 is 14.9 Å². The van der Waals surface area contributed by atoms with Crippen molar-refractivity contribution in [2.45, 2.75) is 32.5 Å². The van der Waals surface area contributed by atoms with Crippen LogP contribution in [0.5, 0.6) is 0 Å². The van der Waals surface area contributed by atoms with Crippen molar-refractivity contribution in [2.24, 2.45) is 0 Å². The Kier molecular flexibility index (Phi) is 8.33. The lowest BCUT2D eigenvalue weighted by molar-refractivity contribution is 0.0738. The molecule has 3 N–H and O–H groups in total. The first kappa shape index (κ1) is 12.8. The first-order valence-corrected chi connectivity index (χ1v) is 4.78. The van der Waals surface area contributed by atoms with Gasteiger partial charge in [-0.2, -0.15) is 0 Å². The molecule has 0 heterocycles. The third kappa shape index (κ3) is 9.76. The van der Waals surface area contributed by atoms with E-state index in [1.165, 1.54) is 0 Å². The Morgan fingerprint density at radius 3 is 2.62 bits per heavy atom. The van der Waals surface area contributed by atoms with Gasteiger partial charge in [-0.05, 0) is 26.8 Å². The standard InChI is InChI=1S/C9H21NO3/c1-8(2)13-5-3-4-10-6-9(12)7-11/h8-12H,3-7H2,1-2H3/t9-/m0/s1. The van der Waals surface area contributed by atoms with Crippen molar-refractivity contribution in [1.82, 2.24) is 5.32 Å². The van der Waals surface area contributed by atoms with Crippen molar-refractivity contribution in [3.63, 3.8) is 0 Å². The summed E-state index contributed by atoms with van der Waals surface area (Å²) in [5, 5.41) is 20.5. The summed E-state index contributed by atoms with van der Waals surface area (Å²) < 4.78 is 5.32. The van der Waals surface area contributed by atoms with E-state index in [1.54, 1.807) is 0 Å². The monoisotopic (exact) mass is 191 g/mol. The fourth-order valence-electron chi connectivity index (χ4n) is 0.849. The molecule has 0 aliphatic heterocycles. The third-order valence-electron chi connectivity index (χ3n) is 1.54. The topological polar surface area (TPSA) is 61.7 Å². The highest BCUT2D eigenvalue weighted by Crippen LogP contribution is 1.89. The fourth-order valence-corrected chi connectivity index (χ4v) is 0.849. The molecule has 0 amide bonds. The molecule has 0 rings (SSSR count). The van der Waals surface area contributed by atoms with Gasteiger partial charge in [-0.3, -0.25) is 0 Å². The molecule has 4 heteroatoms. The van der Waals surface area contributed by atoms with E-state index < -0.39 is 6.10 Å².